The van der Waals surface area contributed by atoms with Gasteiger partial charge in [0.15, 0.2) is 5.11 Å². The molecule has 0 aromatic heterocycles. The summed E-state index contributed by atoms with van der Waals surface area (Å²) < 4.78 is 0. The summed E-state index contributed by atoms with van der Waals surface area (Å²) in [5, 5.41) is 26.4. The van der Waals surface area contributed by atoms with Crippen LogP contribution in [0.25, 0.3) is 0 Å². The molecule has 0 saturated heterocycles. The van der Waals surface area contributed by atoms with E-state index in [2.05, 4.69) is 15.8 Å². The molecule has 0 aliphatic heterocycles. The number of hydrogen-bond donors (Lipinski definition) is 3. The number of hydrogen-bond acceptors (Lipinski definition) is 5. The minimum atomic E-state index is -1.03. The number of nitro groups is 1. The summed E-state index contributed by atoms with van der Waals surface area (Å²) in [6.45, 7) is 0. The Morgan fingerprint density at radius 1 is 1.25 bits per heavy atom. The fraction of sp³-hybridized carbons (Fsp3) is 0. The number of anilines is 1. The van der Waals surface area contributed by atoms with Gasteiger partial charge in [-0.15, -0.1) is 0 Å². The van der Waals surface area contributed by atoms with Crippen molar-refractivity contribution in [2.75, 3.05) is 5.32 Å². The molecule has 0 fully saturated rings. The van der Waals surface area contributed by atoms with E-state index in [4.69, 9.17) is 17.3 Å². The Hall–Kier alpha value is -3.33. The number of carboxylic acid groups (broad SMARTS) is 1. The van der Waals surface area contributed by atoms with Crippen LogP contribution in [0.15, 0.2) is 53.6 Å². The predicted octanol–water partition coefficient (Wildman–Crippen LogP) is 2.61. The minimum Gasteiger partial charge on any atom is -0.478 e. The first-order valence-electron chi connectivity index (χ1n) is 6.63. The molecular weight excluding hydrogens is 332 g/mol. The molecule has 0 heterocycles. The van der Waals surface area contributed by atoms with E-state index in [1.165, 1.54) is 30.5 Å². The van der Waals surface area contributed by atoms with E-state index in [0.29, 0.717) is 11.3 Å². The second-order valence-corrected chi connectivity index (χ2v) is 4.97. The van der Waals surface area contributed by atoms with Crippen molar-refractivity contribution in [2.45, 2.75) is 0 Å². The van der Waals surface area contributed by atoms with Gasteiger partial charge in [0, 0.05) is 17.8 Å². The van der Waals surface area contributed by atoms with Crippen molar-refractivity contribution in [3.05, 3.63) is 69.8 Å². The Morgan fingerprint density at radius 2 is 1.96 bits per heavy atom. The summed E-state index contributed by atoms with van der Waals surface area (Å²) in [5.74, 6) is -1.03. The van der Waals surface area contributed by atoms with E-state index in [9.17, 15) is 14.9 Å². The van der Waals surface area contributed by atoms with Crippen molar-refractivity contribution in [2.24, 2.45) is 5.10 Å². The molecule has 0 aliphatic carbocycles. The maximum atomic E-state index is 10.9. The highest BCUT2D eigenvalue weighted by Gasteiger charge is 2.04. The summed E-state index contributed by atoms with van der Waals surface area (Å²) in [4.78, 5) is 21.0. The molecule has 0 aliphatic rings. The summed E-state index contributed by atoms with van der Waals surface area (Å²) in [5.41, 5.74) is 3.87. The van der Waals surface area contributed by atoms with Gasteiger partial charge in [-0.3, -0.25) is 15.5 Å². The first-order valence-corrected chi connectivity index (χ1v) is 7.04. The Labute approximate surface area is 142 Å². The molecule has 0 bridgehead atoms. The monoisotopic (exact) mass is 344 g/mol. The van der Waals surface area contributed by atoms with Crippen molar-refractivity contribution in [1.82, 2.24) is 5.43 Å². The molecule has 122 valence electrons. The van der Waals surface area contributed by atoms with Crippen LogP contribution in [0.5, 0.6) is 0 Å². The smallest absolute Gasteiger partial charge is 0.335 e. The third-order valence-electron chi connectivity index (χ3n) is 2.85. The number of benzene rings is 2. The largest absolute Gasteiger partial charge is 0.478 e. The van der Waals surface area contributed by atoms with E-state index in [1.54, 1.807) is 24.3 Å². The summed E-state index contributed by atoms with van der Waals surface area (Å²) in [7, 11) is 0. The topological polar surface area (TPSA) is 117 Å². The number of carbonyl (C=O) groups is 1. The quantitative estimate of drug-likeness (QED) is 0.330. The van der Waals surface area contributed by atoms with Crippen molar-refractivity contribution >= 4 is 40.9 Å². The zero-order valence-corrected chi connectivity index (χ0v) is 13.0. The molecular formula is C15H12N4O4S. The molecule has 0 atom stereocenters. The van der Waals surface area contributed by atoms with Gasteiger partial charge in [0.25, 0.3) is 5.69 Å². The number of non-ortho nitro benzene ring substituents is 1. The molecule has 2 rings (SSSR count). The lowest BCUT2D eigenvalue weighted by Gasteiger charge is -2.07. The van der Waals surface area contributed by atoms with Crippen LogP contribution in [-0.4, -0.2) is 27.3 Å². The molecule has 0 amide bonds. The molecule has 0 unspecified atom stereocenters. The van der Waals surface area contributed by atoms with Crippen LogP contribution in [0, 0.1) is 10.1 Å². The predicted molar refractivity (Wildman–Crippen MR) is 93.4 cm³/mol. The van der Waals surface area contributed by atoms with Gasteiger partial charge in [0.2, 0.25) is 0 Å². The van der Waals surface area contributed by atoms with Gasteiger partial charge in [0.05, 0.1) is 16.7 Å². The molecule has 2 aromatic carbocycles. The average Bonchev–Trinajstić information content (AvgIpc) is 2.55. The van der Waals surface area contributed by atoms with Crippen LogP contribution in [0.3, 0.4) is 0 Å². The van der Waals surface area contributed by atoms with Gasteiger partial charge in [-0.05, 0) is 48.1 Å². The lowest BCUT2D eigenvalue weighted by Crippen LogP contribution is -2.24. The van der Waals surface area contributed by atoms with E-state index < -0.39 is 10.9 Å². The first-order chi connectivity index (χ1) is 11.5. The third kappa shape index (κ3) is 4.85. The maximum absolute atomic E-state index is 10.9. The van der Waals surface area contributed by atoms with Gasteiger partial charge >= 0.3 is 5.97 Å². The molecule has 0 spiro atoms. The van der Waals surface area contributed by atoms with E-state index in [0.717, 1.165) is 0 Å². The summed E-state index contributed by atoms with van der Waals surface area (Å²) >= 11 is 5.04. The second-order valence-electron chi connectivity index (χ2n) is 4.56. The summed E-state index contributed by atoms with van der Waals surface area (Å²) in [6, 6.07) is 12.0. The first kappa shape index (κ1) is 17.0. The van der Waals surface area contributed by atoms with Crippen molar-refractivity contribution in [3.63, 3.8) is 0 Å². The van der Waals surface area contributed by atoms with Crippen LogP contribution in [0.2, 0.25) is 0 Å². The highest BCUT2D eigenvalue weighted by Crippen LogP contribution is 2.11. The maximum Gasteiger partial charge on any atom is 0.335 e. The van der Waals surface area contributed by atoms with E-state index in [-0.39, 0.29) is 16.4 Å². The van der Waals surface area contributed by atoms with Crippen molar-refractivity contribution < 1.29 is 14.8 Å². The molecule has 9 heteroatoms. The summed E-state index contributed by atoms with van der Waals surface area (Å²) in [6.07, 6.45) is 1.45. The molecule has 24 heavy (non-hydrogen) atoms. The fourth-order valence-corrected chi connectivity index (χ4v) is 1.91. The highest BCUT2D eigenvalue weighted by molar-refractivity contribution is 7.80. The number of nitrogens with one attached hydrogen (secondary N) is 2. The normalized spacial score (nSPS) is 10.3. The average molecular weight is 344 g/mol. The van der Waals surface area contributed by atoms with Gasteiger partial charge < -0.3 is 10.4 Å². The van der Waals surface area contributed by atoms with Crippen LogP contribution in [0.4, 0.5) is 11.4 Å². The van der Waals surface area contributed by atoms with E-state index >= 15 is 0 Å². The standard InChI is InChI=1S/C15H12N4O4S/c20-14(21)11-2-1-3-12(8-11)17-15(24)18-16-9-10-4-6-13(7-5-10)19(22)23/h1-9H,(H,20,21)(H2,17,18,24). The SMILES string of the molecule is O=C(O)c1cccc(NC(=S)NN=Cc2ccc([N+](=O)[O-])cc2)c1. The number of nitrogens with zero attached hydrogens (tertiary/aromatic N) is 2. The number of rotatable bonds is 5. The van der Waals surface area contributed by atoms with Crippen molar-refractivity contribution in [3.8, 4) is 0 Å². The minimum absolute atomic E-state index is 0.00407. The lowest BCUT2D eigenvalue weighted by molar-refractivity contribution is -0.384. The van der Waals surface area contributed by atoms with Crippen LogP contribution in [0.1, 0.15) is 15.9 Å². The zero-order valence-electron chi connectivity index (χ0n) is 12.2. The van der Waals surface area contributed by atoms with Crippen molar-refractivity contribution in [1.29, 1.82) is 0 Å². The molecule has 2 aromatic rings. The Kier molecular flexibility index (Phi) is 5.53. The number of hydrazone groups is 1. The molecule has 0 saturated carbocycles. The highest BCUT2D eigenvalue weighted by atomic mass is 32.1. The molecule has 0 radical (unpaired) electrons. The van der Waals surface area contributed by atoms with Crippen LogP contribution < -0.4 is 10.7 Å². The Bertz CT molecular complexity index is 805. The Morgan fingerprint density at radius 3 is 2.58 bits per heavy atom. The van der Waals surface area contributed by atoms with E-state index in [1.807, 2.05) is 0 Å². The number of carboxylic acids is 1. The van der Waals surface area contributed by atoms with Gasteiger partial charge in [0.1, 0.15) is 0 Å². The number of thiocarbonyl (C=S) groups is 1. The zero-order chi connectivity index (χ0) is 17.5. The third-order valence-corrected chi connectivity index (χ3v) is 3.04. The van der Waals surface area contributed by atoms with Gasteiger partial charge in [-0.2, -0.15) is 5.10 Å². The van der Waals surface area contributed by atoms with Crippen LogP contribution in [-0.2, 0) is 0 Å². The van der Waals surface area contributed by atoms with Gasteiger partial charge in [-0.1, -0.05) is 6.07 Å². The van der Waals surface area contributed by atoms with Crippen LogP contribution >= 0.6 is 12.2 Å². The van der Waals surface area contributed by atoms with Gasteiger partial charge in [-0.25, -0.2) is 4.79 Å². The number of nitro benzene ring substituents is 1. The molecule has 3 N–H and O–H groups in total. The second kappa shape index (κ2) is 7.79. The lowest BCUT2D eigenvalue weighted by atomic mass is 10.2. The molecule has 8 nitrogen and oxygen atoms in total. The number of aromatic carboxylic acids is 1. The fourth-order valence-electron chi connectivity index (χ4n) is 1.74. The Balaban J connectivity index is 1.92.